The lowest BCUT2D eigenvalue weighted by molar-refractivity contribution is 0.578. The first-order valence-corrected chi connectivity index (χ1v) is 7.68. The van der Waals surface area contributed by atoms with E-state index in [-0.39, 0.29) is 0 Å². The van der Waals surface area contributed by atoms with E-state index >= 15 is 0 Å². The van der Waals surface area contributed by atoms with Crippen LogP contribution in [0.25, 0.3) is 17.2 Å². The third kappa shape index (κ3) is 3.28. The minimum atomic E-state index is 0.878. The normalized spacial score (nSPS) is 16.7. The van der Waals surface area contributed by atoms with Gasteiger partial charge in [-0.25, -0.2) is 4.98 Å². The Hall–Kier alpha value is -2.33. The Bertz CT molecular complexity index is 706. The van der Waals surface area contributed by atoms with E-state index in [0.717, 1.165) is 48.7 Å². The zero-order valence-electron chi connectivity index (χ0n) is 12.8. The summed E-state index contributed by atoms with van der Waals surface area (Å²) in [6.45, 7) is 5.99. The Labute approximate surface area is 130 Å². The van der Waals surface area contributed by atoms with E-state index in [1.165, 1.54) is 0 Å². The van der Waals surface area contributed by atoms with E-state index < -0.39 is 0 Å². The summed E-state index contributed by atoms with van der Waals surface area (Å²) in [6, 6.07) is 4.03. The van der Waals surface area contributed by atoms with E-state index in [9.17, 15) is 0 Å². The Balaban J connectivity index is 1.91. The van der Waals surface area contributed by atoms with Gasteiger partial charge in [-0.05, 0) is 19.1 Å². The van der Waals surface area contributed by atoms with E-state index in [0.29, 0.717) is 0 Å². The van der Waals surface area contributed by atoms with Crippen LogP contribution in [0.3, 0.4) is 0 Å². The molecule has 2 aromatic heterocycles. The van der Waals surface area contributed by atoms with Crippen molar-refractivity contribution in [3.05, 3.63) is 54.5 Å². The van der Waals surface area contributed by atoms with Gasteiger partial charge in [-0.3, -0.25) is 0 Å². The zero-order chi connectivity index (χ0) is 15.2. The molecule has 1 aliphatic heterocycles. The van der Waals surface area contributed by atoms with Crippen LogP contribution in [-0.4, -0.2) is 31.2 Å². The number of anilines is 1. The zero-order valence-corrected chi connectivity index (χ0v) is 12.8. The highest BCUT2D eigenvalue weighted by molar-refractivity contribution is 5.88. The van der Waals surface area contributed by atoms with Gasteiger partial charge in [0.05, 0.1) is 17.6 Å². The van der Waals surface area contributed by atoms with Gasteiger partial charge in [0.1, 0.15) is 5.52 Å². The minimum Gasteiger partial charge on any atom is -0.460 e. The molecule has 0 radical (unpaired) electrons. The van der Waals surface area contributed by atoms with Gasteiger partial charge < -0.3 is 14.6 Å². The molecule has 1 aliphatic rings. The maximum atomic E-state index is 5.64. The number of fused-ring (bicyclic) bond motifs is 1. The van der Waals surface area contributed by atoms with Gasteiger partial charge >= 0.3 is 0 Å². The maximum Gasteiger partial charge on any atom is 0.175 e. The fourth-order valence-corrected chi connectivity index (χ4v) is 2.58. The van der Waals surface area contributed by atoms with Crippen molar-refractivity contribution in [2.75, 3.05) is 31.1 Å². The van der Waals surface area contributed by atoms with Crippen LogP contribution in [0.15, 0.2) is 53.2 Å². The Morgan fingerprint density at radius 1 is 1.18 bits per heavy atom. The van der Waals surface area contributed by atoms with Crippen molar-refractivity contribution < 1.29 is 4.42 Å². The molecule has 22 heavy (non-hydrogen) atoms. The summed E-state index contributed by atoms with van der Waals surface area (Å²) in [4.78, 5) is 6.99. The molecule has 0 bridgehead atoms. The first-order chi connectivity index (χ1) is 10.9. The van der Waals surface area contributed by atoms with Gasteiger partial charge in [-0.2, -0.15) is 0 Å². The van der Waals surface area contributed by atoms with Gasteiger partial charge in [-0.1, -0.05) is 30.4 Å². The molecule has 0 amide bonds. The third-order valence-electron chi connectivity index (χ3n) is 3.66. The van der Waals surface area contributed by atoms with Gasteiger partial charge in [0, 0.05) is 32.2 Å². The topological polar surface area (TPSA) is 41.3 Å². The van der Waals surface area contributed by atoms with Crippen molar-refractivity contribution in [2.24, 2.45) is 0 Å². The van der Waals surface area contributed by atoms with Crippen molar-refractivity contribution in [1.29, 1.82) is 0 Å². The lowest BCUT2D eigenvalue weighted by atomic mass is 10.2. The van der Waals surface area contributed by atoms with Crippen molar-refractivity contribution in [2.45, 2.75) is 6.92 Å². The third-order valence-corrected chi connectivity index (χ3v) is 3.66. The van der Waals surface area contributed by atoms with Crippen molar-refractivity contribution in [3.8, 4) is 0 Å². The smallest absolute Gasteiger partial charge is 0.175 e. The van der Waals surface area contributed by atoms with E-state index in [1.54, 1.807) is 6.26 Å². The lowest BCUT2D eigenvalue weighted by Crippen LogP contribution is -2.43. The molecule has 4 heteroatoms. The van der Waals surface area contributed by atoms with Gasteiger partial charge in [0.15, 0.2) is 5.58 Å². The molecule has 4 nitrogen and oxygen atoms in total. The summed E-state index contributed by atoms with van der Waals surface area (Å²) >= 11 is 0. The number of allylic oxidation sites excluding steroid dienone is 5. The highest BCUT2D eigenvalue weighted by atomic mass is 16.3. The summed E-state index contributed by atoms with van der Waals surface area (Å²) in [7, 11) is 0. The van der Waals surface area contributed by atoms with Crippen LogP contribution in [0.1, 0.15) is 12.6 Å². The number of furan rings is 1. The standard InChI is InChI=1S/C18H21N3O/c1-2-3-4-5-6-7-15-14-17(21-11-9-19-10-12-21)18-16(20-15)8-13-22-18/h2-8,13-14,19H,9-12H2,1H3/b3-2-,5-4-,7-6+. The molecule has 0 atom stereocenters. The number of pyridine rings is 1. The maximum absolute atomic E-state index is 5.64. The van der Waals surface area contributed by atoms with Gasteiger partial charge in [0.25, 0.3) is 0 Å². The molecule has 1 fully saturated rings. The van der Waals surface area contributed by atoms with Gasteiger partial charge in [0.2, 0.25) is 0 Å². The summed E-state index contributed by atoms with van der Waals surface area (Å²) in [5.41, 5.74) is 3.87. The van der Waals surface area contributed by atoms with Crippen LogP contribution in [0.2, 0.25) is 0 Å². The Morgan fingerprint density at radius 2 is 2.00 bits per heavy atom. The molecule has 1 saturated heterocycles. The average Bonchev–Trinajstić information content (AvgIpc) is 3.03. The molecular formula is C18H21N3O. The predicted molar refractivity (Wildman–Crippen MR) is 92.1 cm³/mol. The quantitative estimate of drug-likeness (QED) is 0.878. The molecule has 2 aromatic rings. The van der Waals surface area contributed by atoms with Crippen LogP contribution in [0.4, 0.5) is 5.69 Å². The fourth-order valence-electron chi connectivity index (χ4n) is 2.58. The number of hydrogen-bond acceptors (Lipinski definition) is 4. The number of nitrogens with one attached hydrogen (secondary N) is 1. The van der Waals surface area contributed by atoms with Crippen LogP contribution in [0.5, 0.6) is 0 Å². The number of nitrogens with zero attached hydrogens (tertiary/aromatic N) is 2. The molecule has 114 valence electrons. The highest BCUT2D eigenvalue weighted by Gasteiger charge is 2.16. The summed E-state index contributed by atoms with van der Waals surface area (Å²) < 4.78 is 5.64. The molecule has 1 N–H and O–H groups in total. The minimum absolute atomic E-state index is 0.878. The predicted octanol–water partition coefficient (Wildman–Crippen LogP) is 3.38. The molecule has 3 heterocycles. The van der Waals surface area contributed by atoms with Crippen LogP contribution in [-0.2, 0) is 0 Å². The monoisotopic (exact) mass is 295 g/mol. The van der Waals surface area contributed by atoms with E-state index in [1.807, 2.05) is 49.4 Å². The average molecular weight is 295 g/mol. The molecule has 0 aliphatic carbocycles. The second-order valence-corrected chi connectivity index (χ2v) is 5.21. The molecule has 0 saturated carbocycles. The molecule has 0 unspecified atom stereocenters. The number of aromatic nitrogens is 1. The van der Waals surface area contributed by atoms with Gasteiger partial charge in [-0.15, -0.1) is 0 Å². The SMILES string of the molecule is C\C=C/C=C\C=C\c1cc(N2CCNCC2)c2occc2n1. The molecule has 3 rings (SSSR count). The molecule has 0 aromatic carbocycles. The number of piperazine rings is 1. The molecular weight excluding hydrogens is 274 g/mol. The van der Waals surface area contributed by atoms with E-state index in [4.69, 9.17) is 4.42 Å². The van der Waals surface area contributed by atoms with Crippen molar-refractivity contribution in [3.63, 3.8) is 0 Å². The lowest BCUT2D eigenvalue weighted by Gasteiger charge is -2.29. The Kier molecular flexibility index (Phi) is 4.71. The summed E-state index contributed by atoms with van der Waals surface area (Å²) in [6.07, 6.45) is 13.8. The molecule has 0 spiro atoms. The van der Waals surface area contributed by atoms with Crippen LogP contribution < -0.4 is 10.2 Å². The second kappa shape index (κ2) is 7.09. The van der Waals surface area contributed by atoms with Crippen molar-refractivity contribution in [1.82, 2.24) is 10.3 Å². The van der Waals surface area contributed by atoms with Crippen LogP contribution >= 0.6 is 0 Å². The summed E-state index contributed by atoms with van der Waals surface area (Å²) in [5, 5.41) is 3.38. The first-order valence-electron chi connectivity index (χ1n) is 7.68. The Morgan fingerprint density at radius 3 is 2.82 bits per heavy atom. The number of hydrogen-bond donors (Lipinski definition) is 1. The largest absolute Gasteiger partial charge is 0.460 e. The number of rotatable bonds is 4. The highest BCUT2D eigenvalue weighted by Crippen LogP contribution is 2.28. The van der Waals surface area contributed by atoms with Crippen LogP contribution in [0, 0.1) is 0 Å². The van der Waals surface area contributed by atoms with E-state index in [2.05, 4.69) is 21.3 Å². The second-order valence-electron chi connectivity index (χ2n) is 5.21. The van der Waals surface area contributed by atoms with Crippen molar-refractivity contribution >= 4 is 22.9 Å². The fraction of sp³-hybridized carbons (Fsp3) is 0.278. The summed E-state index contributed by atoms with van der Waals surface area (Å²) in [5.74, 6) is 0. The first kappa shape index (κ1) is 14.6.